The molecule has 5 rings (SSSR count). The Hall–Kier alpha value is -3.31. The maximum atomic E-state index is 12.8. The predicted molar refractivity (Wildman–Crippen MR) is 103 cm³/mol. The first kappa shape index (κ1) is 16.8. The number of aromatic nitrogens is 6. The number of anilines is 1. The smallest absolute Gasteiger partial charge is 0.265 e. The summed E-state index contributed by atoms with van der Waals surface area (Å²) in [5, 5.41) is 9.68. The summed E-state index contributed by atoms with van der Waals surface area (Å²) in [6, 6.07) is 6.88. The maximum absolute atomic E-state index is 12.8. The molecule has 0 saturated carbocycles. The second-order valence-electron chi connectivity index (χ2n) is 5.93. The van der Waals surface area contributed by atoms with Crippen LogP contribution in [0.1, 0.15) is 0 Å². The van der Waals surface area contributed by atoms with Gasteiger partial charge in [0, 0.05) is 25.0 Å². The number of nitrogens with zero attached hydrogens (tertiary/aromatic N) is 7. The van der Waals surface area contributed by atoms with E-state index in [9.17, 15) is 8.42 Å². The summed E-state index contributed by atoms with van der Waals surface area (Å²) in [7, 11) is -2.25. The molecule has 4 aromatic rings. The Balaban J connectivity index is 1.66. The Morgan fingerprint density at radius 2 is 1.86 bits per heavy atom. The Bertz CT molecular complexity index is 1310. The van der Waals surface area contributed by atoms with Crippen LogP contribution in [0.25, 0.3) is 32.7 Å². The van der Waals surface area contributed by atoms with Gasteiger partial charge >= 0.3 is 0 Å². The molecular weight excluding hydrogens is 398 g/mol. The molecule has 0 saturated heterocycles. The first-order chi connectivity index (χ1) is 13.6. The molecule has 1 aliphatic heterocycles. The molecule has 9 nitrogen and oxygen atoms in total. The highest BCUT2D eigenvalue weighted by Gasteiger charge is 2.35. The number of pyridine rings is 2. The monoisotopic (exact) mass is 409 g/mol. The zero-order valence-electron chi connectivity index (χ0n) is 14.4. The summed E-state index contributed by atoms with van der Waals surface area (Å²) in [5.41, 5.74) is 2.50. The molecule has 0 unspecified atom stereocenters. The van der Waals surface area contributed by atoms with Crippen LogP contribution in [0.3, 0.4) is 0 Å². The van der Waals surface area contributed by atoms with Gasteiger partial charge in [-0.2, -0.15) is 0 Å². The van der Waals surface area contributed by atoms with E-state index in [2.05, 4.69) is 30.1 Å². The Morgan fingerprint density at radius 1 is 1.00 bits per heavy atom. The highest BCUT2D eigenvalue weighted by molar-refractivity contribution is 7.93. The van der Waals surface area contributed by atoms with E-state index in [1.165, 1.54) is 37.0 Å². The van der Waals surface area contributed by atoms with E-state index in [0.29, 0.717) is 27.1 Å². The van der Waals surface area contributed by atoms with Crippen molar-refractivity contribution in [1.29, 1.82) is 0 Å². The fourth-order valence-electron chi connectivity index (χ4n) is 2.89. The second kappa shape index (κ2) is 6.11. The van der Waals surface area contributed by atoms with Gasteiger partial charge in [-0.15, -0.1) is 10.2 Å². The molecule has 0 radical (unpaired) electrons. The maximum Gasteiger partial charge on any atom is 0.266 e. The highest BCUT2D eigenvalue weighted by Crippen LogP contribution is 2.40. The van der Waals surface area contributed by atoms with E-state index >= 15 is 0 Å². The van der Waals surface area contributed by atoms with Crippen molar-refractivity contribution < 1.29 is 8.42 Å². The molecule has 5 heterocycles. The van der Waals surface area contributed by atoms with Gasteiger partial charge in [-0.25, -0.2) is 23.4 Å². The van der Waals surface area contributed by atoms with Crippen LogP contribution < -0.4 is 4.31 Å². The Kier molecular flexibility index (Phi) is 3.67. The minimum atomic E-state index is -3.72. The fraction of sp³-hybridized carbons (Fsp3) is 0.0588. The summed E-state index contributed by atoms with van der Waals surface area (Å²) in [4.78, 5) is 16.9. The highest BCUT2D eigenvalue weighted by atomic mass is 32.2. The SMILES string of the molecule is CN1c2cncnc2-c2nc(-c3nnc(-c4cccnc4)s3)ccc2S1(=O)=O. The van der Waals surface area contributed by atoms with Crippen molar-refractivity contribution in [2.75, 3.05) is 11.4 Å². The number of rotatable bonds is 2. The van der Waals surface area contributed by atoms with E-state index in [-0.39, 0.29) is 10.6 Å². The van der Waals surface area contributed by atoms with Gasteiger partial charge in [0.1, 0.15) is 33.3 Å². The second-order valence-corrected chi connectivity index (χ2v) is 8.84. The van der Waals surface area contributed by atoms with Crippen molar-refractivity contribution in [3.8, 4) is 32.7 Å². The molecule has 0 bridgehead atoms. The van der Waals surface area contributed by atoms with Crippen LogP contribution in [0.4, 0.5) is 5.69 Å². The third-order valence-corrected chi connectivity index (χ3v) is 7.10. The lowest BCUT2D eigenvalue weighted by Crippen LogP contribution is -2.31. The molecule has 28 heavy (non-hydrogen) atoms. The van der Waals surface area contributed by atoms with Gasteiger partial charge in [0.2, 0.25) is 0 Å². The van der Waals surface area contributed by atoms with Crippen molar-refractivity contribution in [3.05, 3.63) is 49.2 Å². The normalized spacial score (nSPS) is 14.4. The van der Waals surface area contributed by atoms with Crippen LogP contribution in [-0.2, 0) is 10.0 Å². The van der Waals surface area contributed by atoms with Crippen molar-refractivity contribution in [2.45, 2.75) is 4.90 Å². The third-order valence-electron chi connectivity index (χ3n) is 4.31. The lowest BCUT2D eigenvalue weighted by atomic mass is 10.2. The van der Waals surface area contributed by atoms with E-state index in [1.54, 1.807) is 18.5 Å². The summed E-state index contributed by atoms with van der Waals surface area (Å²) in [6.07, 6.45) is 6.23. The molecule has 4 aromatic heterocycles. The van der Waals surface area contributed by atoms with Crippen molar-refractivity contribution in [2.24, 2.45) is 0 Å². The molecule has 0 amide bonds. The standard InChI is InChI=1S/C17H11N7O2S2/c1-24-12-8-19-9-20-14(12)15-13(28(24,25)26)5-4-11(21-15)17-23-22-16(27-17)10-3-2-6-18-7-10/h2-9H,1H3. The molecule has 138 valence electrons. The number of sulfonamides is 1. The van der Waals surface area contributed by atoms with E-state index in [1.807, 2.05) is 12.1 Å². The molecular formula is C17H11N7O2S2. The summed E-state index contributed by atoms with van der Waals surface area (Å²) < 4.78 is 26.8. The number of hydrogen-bond donors (Lipinski definition) is 0. The van der Waals surface area contributed by atoms with Crippen LogP contribution in [0.15, 0.2) is 54.1 Å². The van der Waals surface area contributed by atoms with E-state index in [4.69, 9.17) is 0 Å². The van der Waals surface area contributed by atoms with Crippen molar-refractivity contribution >= 4 is 27.0 Å². The van der Waals surface area contributed by atoms with Crippen LogP contribution >= 0.6 is 11.3 Å². The zero-order valence-corrected chi connectivity index (χ0v) is 16.0. The van der Waals surface area contributed by atoms with E-state index < -0.39 is 10.0 Å². The largest absolute Gasteiger partial charge is 0.266 e. The lowest BCUT2D eigenvalue weighted by Gasteiger charge is -2.26. The van der Waals surface area contributed by atoms with Crippen molar-refractivity contribution in [3.63, 3.8) is 0 Å². The number of hydrogen-bond acceptors (Lipinski definition) is 9. The molecule has 1 aliphatic rings. The first-order valence-corrected chi connectivity index (χ1v) is 10.4. The minimum Gasteiger partial charge on any atom is -0.265 e. The minimum absolute atomic E-state index is 0.0990. The molecule has 0 aromatic carbocycles. The molecule has 0 fully saturated rings. The Morgan fingerprint density at radius 3 is 2.68 bits per heavy atom. The van der Waals surface area contributed by atoms with Gasteiger partial charge in [-0.1, -0.05) is 11.3 Å². The number of fused-ring (bicyclic) bond motifs is 3. The van der Waals surface area contributed by atoms with Crippen LogP contribution in [0.2, 0.25) is 0 Å². The van der Waals surface area contributed by atoms with Crippen molar-refractivity contribution in [1.82, 2.24) is 30.1 Å². The third kappa shape index (κ3) is 2.47. The van der Waals surface area contributed by atoms with Crippen LogP contribution in [0.5, 0.6) is 0 Å². The molecule has 0 N–H and O–H groups in total. The van der Waals surface area contributed by atoms with Gasteiger partial charge in [0.05, 0.1) is 11.9 Å². The van der Waals surface area contributed by atoms with Gasteiger partial charge in [0.25, 0.3) is 10.0 Å². The topological polar surface area (TPSA) is 115 Å². The van der Waals surface area contributed by atoms with Gasteiger partial charge in [-0.05, 0) is 24.3 Å². The molecule has 0 aliphatic carbocycles. The predicted octanol–water partition coefficient (Wildman–Crippen LogP) is 2.26. The quantitative estimate of drug-likeness (QED) is 0.495. The first-order valence-electron chi connectivity index (χ1n) is 8.10. The van der Waals surface area contributed by atoms with Crippen LogP contribution in [0, 0.1) is 0 Å². The lowest BCUT2D eigenvalue weighted by molar-refractivity contribution is 0.593. The molecule has 0 atom stereocenters. The zero-order chi connectivity index (χ0) is 19.3. The fourth-order valence-corrected chi connectivity index (χ4v) is 5.01. The van der Waals surface area contributed by atoms with Gasteiger partial charge in [0.15, 0.2) is 5.01 Å². The summed E-state index contributed by atoms with van der Waals surface area (Å²) in [5.74, 6) is 0. The van der Waals surface area contributed by atoms with Gasteiger partial charge in [-0.3, -0.25) is 9.29 Å². The summed E-state index contributed by atoms with van der Waals surface area (Å²) in [6.45, 7) is 0. The molecule has 0 spiro atoms. The Labute approximate surface area is 163 Å². The van der Waals surface area contributed by atoms with Gasteiger partial charge < -0.3 is 0 Å². The molecule has 11 heteroatoms. The summed E-state index contributed by atoms with van der Waals surface area (Å²) >= 11 is 1.35. The van der Waals surface area contributed by atoms with Crippen LogP contribution in [-0.4, -0.2) is 45.6 Å². The van der Waals surface area contributed by atoms with E-state index in [0.717, 1.165) is 9.87 Å². The average molecular weight is 409 g/mol. The average Bonchev–Trinajstić information content (AvgIpc) is 3.23.